The lowest BCUT2D eigenvalue weighted by atomic mass is 9.96. The van der Waals surface area contributed by atoms with Gasteiger partial charge in [0.1, 0.15) is 0 Å². The number of carbonyl (C=O) groups excluding carboxylic acids is 1. The van der Waals surface area contributed by atoms with Crippen LogP contribution in [0, 0.1) is 5.92 Å². The topological polar surface area (TPSA) is 41.1 Å². The summed E-state index contributed by atoms with van der Waals surface area (Å²) < 4.78 is 0. The van der Waals surface area contributed by atoms with Gasteiger partial charge in [-0.15, -0.1) is 0 Å². The van der Waals surface area contributed by atoms with Crippen LogP contribution in [0.2, 0.25) is 0 Å². The van der Waals surface area contributed by atoms with Crippen LogP contribution >= 0.6 is 0 Å². The minimum Gasteiger partial charge on any atom is -0.353 e. The van der Waals surface area contributed by atoms with E-state index in [0.717, 1.165) is 32.1 Å². The van der Waals surface area contributed by atoms with Crippen molar-refractivity contribution in [1.29, 1.82) is 0 Å². The normalized spacial score (nSPS) is 21.7. The smallest absolute Gasteiger partial charge is 0.223 e. The van der Waals surface area contributed by atoms with Gasteiger partial charge < -0.3 is 10.6 Å². The van der Waals surface area contributed by atoms with Crippen molar-refractivity contribution in [3.05, 3.63) is 12.2 Å². The summed E-state index contributed by atoms with van der Waals surface area (Å²) in [5.41, 5.74) is 0. The maximum Gasteiger partial charge on any atom is 0.223 e. The molecule has 3 nitrogen and oxygen atoms in total. The van der Waals surface area contributed by atoms with E-state index in [1.54, 1.807) is 0 Å². The van der Waals surface area contributed by atoms with Gasteiger partial charge in [-0.25, -0.2) is 0 Å². The van der Waals surface area contributed by atoms with E-state index in [2.05, 4.69) is 36.6 Å². The number of allylic oxidation sites excluding steroid dienone is 2. The highest BCUT2D eigenvalue weighted by molar-refractivity contribution is 5.79. The highest BCUT2D eigenvalue weighted by Crippen LogP contribution is 2.21. The third-order valence-corrected chi connectivity index (χ3v) is 5.53. The summed E-state index contributed by atoms with van der Waals surface area (Å²) in [4.78, 5) is 12.7. The molecular formula is C22H42N2O. The first-order chi connectivity index (χ1) is 12.2. The predicted molar refractivity (Wildman–Crippen MR) is 109 cm³/mol. The van der Waals surface area contributed by atoms with Gasteiger partial charge in [0, 0.05) is 18.0 Å². The van der Waals surface area contributed by atoms with Crippen LogP contribution in [0.3, 0.4) is 0 Å². The lowest BCUT2D eigenvalue weighted by molar-refractivity contribution is -0.125. The zero-order valence-corrected chi connectivity index (χ0v) is 17.0. The van der Waals surface area contributed by atoms with Crippen LogP contribution in [0.1, 0.15) is 97.3 Å². The van der Waals surface area contributed by atoms with Crippen molar-refractivity contribution in [2.24, 2.45) is 5.92 Å². The Bertz CT molecular complexity index is 367. The first kappa shape index (κ1) is 22.2. The quantitative estimate of drug-likeness (QED) is 0.327. The van der Waals surface area contributed by atoms with Gasteiger partial charge in [-0.05, 0) is 52.0 Å². The molecule has 1 rings (SSSR count). The molecule has 1 aliphatic carbocycles. The molecule has 3 heteroatoms. The fourth-order valence-corrected chi connectivity index (χ4v) is 3.76. The lowest BCUT2D eigenvalue weighted by Gasteiger charge is -2.19. The van der Waals surface area contributed by atoms with E-state index in [1.807, 2.05) is 7.05 Å². The van der Waals surface area contributed by atoms with E-state index in [0.29, 0.717) is 12.1 Å². The third kappa shape index (κ3) is 10.0. The molecule has 1 amide bonds. The Hall–Kier alpha value is -0.830. The van der Waals surface area contributed by atoms with Crippen molar-refractivity contribution >= 4 is 5.91 Å². The monoisotopic (exact) mass is 350 g/mol. The fraction of sp³-hybridized carbons (Fsp3) is 0.864. The van der Waals surface area contributed by atoms with E-state index in [1.165, 1.54) is 51.4 Å². The molecule has 0 saturated heterocycles. The molecule has 0 spiro atoms. The Morgan fingerprint density at radius 3 is 2.40 bits per heavy atom. The van der Waals surface area contributed by atoms with Gasteiger partial charge in [0.25, 0.3) is 0 Å². The molecule has 0 bridgehead atoms. The maximum atomic E-state index is 12.7. The molecule has 2 N–H and O–H groups in total. The average molecular weight is 351 g/mol. The summed E-state index contributed by atoms with van der Waals surface area (Å²) in [7, 11) is 2.02. The zero-order valence-electron chi connectivity index (χ0n) is 17.0. The summed E-state index contributed by atoms with van der Waals surface area (Å²) >= 11 is 0. The number of nitrogens with one attached hydrogen (secondary N) is 2. The summed E-state index contributed by atoms with van der Waals surface area (Å²) in [6.45, 7) is 4.47. The largest absolute Gasteiger partial charge is 0.353 e. The second kappa shape index (κ2) is 14.4. The molecule has 0 aromatic heterocycles. The Balaban J connectivity index is 2.37. The molecule has 0 radical (unpaired) electrons. The van der Waals surface area contributed by atoms with Crippen molar-refractivity contribution in [1.82, 2.24) is 10.6 Å². The van der Waals surface area contributed by atoms with E-state index >= 15 is 0 Å². The Labute approximate surface area is 156 Å². The molecule has 0 aliphatic heterocycles. The van der Waals surface area contributed by atoms with Gasteiger partial charge in [-0.1, -0.05) is 64.5 Å². The van der Waals surface area contributed by atoms with Crippen LogP contribution in [-0.2, 0) is 4.79 Å². The summed E-state index contributed by atoms with van der Waals surface area (Å²) in [5.74, 6) is 0.445. The SMILES string of the molecule is CCCCCC/C=C/CC(CCCCC)C(=O)NC1CCC(NC)C1. The van der Waals surface area contributed by atoms with Crippen LogP contribution in [-0.4, -0.2) is 25.0 Å². The molecule has 0 aromatic carbocycles. The number of hydrogen-bond acceptors (Lipinski definition) is 2. The molecule has 0 heterocycles. The zero-order chi connectivity index (χ0) is 18.3. The number of carbonyl (C=O) groups is 1. The molecule has 25 heavy (non-hydrogen) atoms. The second-order valence-electron chi connectivity index (χ2n) is 7.75. The molecule has 1 saturated carbocycles. The van der Waals surface area contributed by atoms with E-state index in [9.17, 15) is 4.79 Å². The molecular weight excluding hydrogens is 308 g/mol. The molecule has 0 aromatic rings. The number of hydrogen-bond donors (Lipinski definition) is 2. The van der Waals surface area contributed by atoms with Crippen molar-refractivity contribution in [3.8, 4) is 0 Å². The third-order valence-electron chi connectivity index (χ3n) is 5.53. The summed E-state index contributed by atoms with van der Waals surface area (Å²) in [6.07, 6.45) is 19.9. The van der Waals surface area contributed by atoms with Crippen molar-refractivity contribution < 1.29 is 4.79 Å². The molecule has 3 unspecified atom stereocenters. The van der Waals surface area contributed by atoms with Crippen LogP contribution in [0.25, 0.3) is 0 Å². The number of rotatable bonds is 14. The minimum atomic E-state index is 0.159. The van der Waals surface area contributed by atoms with Gasteiger partial charge in [0.05, 0.1) is 0 Å². The Morgan fingerprint density at radius 2 is 1.72 bits per heavy atom. The average Bonchev–Trinajstić information content (AvgIpc) is 3.07. The Kier molecular flexibility index (Phi) is 12.8. The van der Waals surface area contributed by atoms with E-state index in [-0.39, 0.29) is 11.8 Å². The lowest BCUT2D eigenvalue weighted by Crippen LogP contribution is -2.38. The fourth-order valence-electron chi connectivity index (χ4n) is 3.76. The number of unbranched alkanes of at least 4 members (excludes halogenated alkanes) is 6. The standard InChI is InChI=1S/C22H42N2O/c1-4-6-8-9-10-11-13-15-19(14-12-7-5-2)22(25)24-21-17-16-20(18-21)23-3/h11,13,19-21,23H,4-10,12,14-18H2,1-3H3,(H,24,25)/b13-11+. The summed E-state index contributed by atoms with van der Waals surface area (Å²) in [6, 6.07) is 0.948. The van der Waals surface area contributed by atoms with Crippen LogP contribution in [0.4, 0.5) is 0 Å². The predicted octanol–water partition coefficient (Wildman–Crippen LogP) is 5.36. The highest BCUT2D eigenvalue weighted by Gasteiger charge is 2.26. The van der Waals surface area contributed by atoms with Gasteiger partial charge in [0.15, 0.2) is 0 Å². The molecule has 146 valence electrons. The van der Waals surface area contributed by atoms with Gasteiger partial charge >= 0.3 is 0 Å². The first-order valence-corrected chi connectivity index (χ1v) is 10.8. The van der Waals surface area contributed by atoms with Crippen molar-refractivity contribution in [2.45, 2.75) is 109 Å². The van der Waals surface area contributed by atoms with Crippen molar-refractivity contribution in [3.63, 3.8) is 0 Å². The highest BCUT2D eigenvalue weighted by atomic mass is 16.1. The van der Waals surface area contributed by atoms with E-state index in [4.69, 9.17) is 0 Å². The van der Waals surface area contributed by atoms with E-state index < -0.39 is 0 Å². The van der Waals surface area contributed by atoms with Crippen LogP contribution in [0.5, 0.6) is 0 Å². The van der Waals surface area contributed by atoms with Gasteiger partial charge in [0.2, 0.25) is 5.91 Å². The first-order valence-electron chi connectivity index (χ1n) is 10.8. The van der Waals surface area contributed by atoms with Crippen LogP contribution in [0.15, 0.2) is 12.2 Å². The van der Waals surface area contributed by atoms with Crippen molar-refractivity contribution in [2.75, 3.05) is 7.05 Å². The van der Waals surface area contributed by atoms with Crippen LogP contribution < -0.4 is 10.6 Å². The summed E-state index contributed by atoms with van der Waals surface area (Å²) in [5, 5.41) is 6.66. The maximum absolute atomic E-state index is 12.7. The molecule has 1 aliphatic rings. The minimum absolute atomic E-state index is 0.159. The van der Waals surface area contributed by atoms with Gasteiger partial charge in [-0.2, -0.15) is 0 Å². The Morgan fingerprint density at radius 1 is 1.00 bits per heavy atom. The van der Waals surface area contributed by atoms with Gasteiger partial charge in [-0.3, -0.25) is 4.79 Å². The number of amides is 1. The molecule has 3 atom stereocenters. The second-order valence-corrected chi connectivity index (χ2v) is 7.75. The molecule has 1 fully saturated rings.